The smallest absolute Gasteiger partial charge is 0.197 e. The van der Waals surface area contributed by atoms with Crippen molar-refractivity contribution >= 4 is 5.82 Å². The fourth-order valence-electron chi connectivity index (χ4n) is 2.03. The van der Waals surface area contributed by atoms with Crippen LogP contribution in [0.15, 0.2) is 22.6 Å². The first kappa shape index (κ1) is 14.6. The largest absolute Gasteiger partial charge is 0.458 e. The van der Waals surface area contributed by atoms with Crippen molar-refractivity contribution in [2.24, 2.45) is 5.92 Å². The molecule has 1 N–H and O–H groups in total. The quantitative estimate of drug-likeness (QED) is 0.862. The van der Waals surface area contributed by atoms with Crippen molar-refractivity contribution in [1.29, 1.82) is 0 Å². The molecule has 2 rings (SSSR count). The van der Waals surface area contributed by atoms with Crippen molar-refractivity contribution in [3.63, 3.8) is 0 Å². The molecule has 0 aliphatic carbocycles. The number of furan rings is 1. The highest BCUT2D eigenvalue weighted by Gasteiger charge is 2.11. The van der Waals surface area contributed by atoms with Gasteiger partial charge in [-0.25, -0.2) is 9.97 Å². The average molecular weight is 273 g/mol. The summed E-state index contributed by atoms with van der Waals surface area (Å²) in [6, 6.07) is 5.90. The van der Waals surface area contributed by atoms with Crippen LogP contribution in [0.2, 0.25) is 0 Å². The predicted molar refractivity (Wildman–Crippen MR) is 81.8 cm³/mol. The van der Waals surface area contributed by atoms with Gasteiger partial charge in [-0.1, -0.05) is 20.8 Å². The Balaban J connectivity index is 2.34. The number of hydrogen-bond donors (Lipinski definition) is 1. The second-order valence-corrected chi connectivity index (χ2v) is 5.50. The molecule has 2 aromatic rings. The molecule has 0 saturated carbocycles. The summed E-state index contributed by atoms with van der Waals surface area (Å²) in [5, 5.41) is 3.33. The fraction of sp³-hybridized carbons (Fsp3) is 0.500. The molecule has 0 radical (unpaired) electrons. The third kappa shape index (κ3) is 3.83. The highest BCUT2D eigenvalue weighted by molar-refractivity contribution is 5.52. The van der Waals surface area contributed by atoms with E-state index in [2.05, 4.69) is 36.1 Å². The Morgan fingerprint density at radius 2 is 2.05 bits per heavy atom. The van der Waals surface area contributed by atoms with Crippen LogP contribution in [0.3, 0.4) is 0 Å². The third-order valence-corrected chi connectivity index (χ3v) is 2.91. The molecule has 0 spiro atoms. The molecule has 2 heterocycles. The molecule has 0 amide bonds. The van der Waals surface area contributed by atoms with Gasteiger partial charge in [-0.05, 0) is 37.8 Å². The topological polar surface area (TPSA) is 51.0 Å². The van der Waals surface area contributed by atoms with E-state index < -0.39 is 0 Å². The summed E-state index contributed by atoms with van der Waals surface area (Å²) < 4.78 is 5.64. The van der Waals surface area contributed by atoms with Crippen molar-refractivity contribution in [3.05, 3.63) is 29.7 Å². The summed E-state index contributed by atoms with van der Waals surface area (Å²) in [6.07, 6.45) is 2.01. The monoisotopic (exact) mass is 273 g/mol. The van der Waals surface area contributed by atoms with Gasteiger partial charge in [0.1, 0.15) is 11.6 Å². The van der Waals surface area contributed by atoms with Crippen molar-refractivity contribution in [2.45, 2.75) is 40.5 Å². The first-order chi connectivity index (χ1) is 9.58. The number of nitrogens with one attached hydrogen (secondary N) is 1. The molecule has 2 aromatic heterocycles. The Bertz CT molecular complexity index is 561. The van der Waals surface area contributed by atoms with E-state index in [1.165, 1.54) is 0 Å². The number of aryl methyl sites for hydroxylation is 1. The molecular formula is C16H23N3O. The Hall–Kier alpha value is -1.84. The predicted octanol–water partition coefficient (Wildman–Crippen LogP) is 4.07. The molecule has 0 saturated heterocycles. The highest BCUT2D eigenvalue weighted by atomic mass is 16.3. The zero-order valence-electron chi connectivity index (χ0n) is 12.7. The van der Waals surface area contributed by atoms with Crippen LogP contribution in [0.5, 0.6) is 0 Å². The molecule has 0 aliphatic rings. The molecule has 20 heavy (non-hydrogen) atoms. The number of rotatable bonds is 6. The lowest BCUT2D eigenvalue weighted by atomic mass is 10.1. The van der Waals surface area contributed by atoms with E-state index in [0.29, 0.717) is 11.7 Å². The van der Waals surface area contributed by atoms with Gasteiger partial charge < -0.3 is 9.73 Å². The van der Waals surface area contributed by atoms with E-state index in [-0.39, 0.29) is 0 Å². The fourth-order valence-corrected chi connectivity index (χ4v) is 2.03. The highest BCUT2D eigenvalue weighted by Crippen LogP contribution is 2.21. The van der Waals surface area contributed by atoms with E-state index in [9.17, 15) is 0 Å². The number of hydrogen-bond acceptors (Lipinski definition) is 4. The van der Waals surface area contributed by atoms with Crippen LogP contribution in [0, 0.1) is 12.8 Å². The minimum atomic E-state index is 0.565. The second-order valence-electron chi connectivity index (χ2n) is 5.50. The SMILES string of the molecule is CCCNc1cc(CC(C)C)nc(-c2ccc(C)o2)n1. The molecule has 108 valence electrons. The van der Waals surface area contributed by atoms with Crippen LogP contribution in [-0.4, -0.2) is 16.5 Å². The summed E-state index contributed by atoms with van der Waals surface area (Å²) >= 11 is 0. The first-order valence-corrected chi connectivity index (χ1v) is 7.27. The van der Waals surface area contributed by atoms with E-state index in [1.807, 2.05) is 25.1 Å². The van der Waals surface area contributed by atoms with Crippen molar-refractivity contribution in [1.82, 2.24) is 9.97 Å². The Labute approximate surface area is 120 Å². The van der Waals surface area contributed by atoms with Gasteiger partial charge in [-0.3, -0.25) is 0 Å². The maximum absolute atomic E-state index is 5.64. The Morgan fingerprint density at radius 1 is 1.25 bits per heavy atom. The van der Waals surface area contributed by atoms with Gasteiger partial charge in [0.15, 0.2) is 11.6 Å². The van der Waals surface area contributed by atoms with Gasteiger partial charge in [0, 0.05) is 18.3 Å². The molecule has 0 bridgehead atoms. The maximum Gasteiger partial charge on any atom is 0.197 e. The van der Waals surface area contributed by atoms with Gasteiger partial charge in [0.2, 0.25) is 0 Å². The molecule has 4 nitrogen and oxygen atoms in total. The van der Waals surface area contributed by atoms with E-state index in [0.717, 1.165) is 42.4 Å². The third-order valence-electron chi connectivity index (χ3n) is 2.91. The van der Waals surface area contributed by atoms with E-state index >= 15 is 0 Å². The molecule has 0 atom stereocenters. The lowest BCUT2D eigenvalue weighted by Gasteiger charge is -2.10. The zero-order valence-corrected chi connectivity index (χ0v) is 12.7. The summed E-state index contributed by atoms with van der Waals surface area (Å²) in [7, 11) is 0. The number of aromatic nitrogens is 2. The van der Waals surface area contributed by atoms with E-state index in [4.69, 9.17) is 4.42 Å². The van der Waals surface area contributed by atoms with Crippen LogP contribution in [-0.2, 0) is 6.42 Å². The van der Waals surface area contributed by atoms with Crippen LogP contribution in [0.1, 0.15) is 38.6 Å². The molecule has 0 fully saturated rings. The van der Waals surface area contributed by atoms with Gasteiger partial charge in [-0.15, -0.1) is 0 Å². The number of anilines is 1. The molecule has 0 aromatic carbocycles. The average Bonchev–Trinajstić information content (AvgIpc) is 2.82. The van der Waals surface area contributed by atoms with Crippen molar-refractivity contribution in [2.75, 3.05) is 11.9 Å². The standard InChI is InChI=1S/C16H23N3O/c1-5-8-17-15-10-13(9-11(2)3)18-16(19-15)14-7-6-12(4)20-14/h6-7,10-11H,5,8-9H2,1-4H3,(H,17,18,19). The van der Waals surface area contributed by atoms with Crippen molar-refractivity contribution in [3.8, 4) is 11.6 Å². The maximum atomic E-state index is 5.64. The zero-order chi connectivity index (χ0) is 14.5. The Morgan fingerprint density at radius 3 is 2.65 bits per heavy atom. The summed E-state index contributed by atoms with van der Waals surface area (Å²) in [5.74, 6) is 3.71. The van der Waals surface area contributed by atoms with Crippen LogP contribution < -0.4 is 5.32 Å². The van der Waals surface area contributed by atoms with Crippen molar-refractivity contribution < 1.29 is 4.42 Å². The van der Waals surface area contributed by atoms with Gasteiger partial charge in [0.05, 0.1) is 0 Å². The van der Waals surface area contributed by atoms with Crippen LogP contribution in [0.4, 0.5) is 5.82 Å². The summed E-state index contributed by atoms with van der Waals surface area (Å²) in [6.45, 7) is 9.36. The number of nitrogens with zero attached hydrogens (tertiary/aromatic N) is 2. The normalized spacial score (nSPS) is 11.1. The lowest BCUT2D eigenvalue weighted by molar-refractivity contribution is 0.543. The van der Waals surface area contributed by atoms with E-state index in [1.54, 1.807) is 0 Å². The van der Waals surface area contributed by atoms with Gasteiger partial charge in [-0.2, -0.15) is 0 Å². The second kappa shape index (κ2) is 6.55. The molecule has 4 heteroatoms. The first-order valence-electron chi connectivity index (χ1n) is 7.27. The summed E-state index contributed by atoms with van der Waals surface area (Å²) in [5.41, 5.74) is 1.05. The van der Waals surface area contributed by atoms with Gasteiger partial charge >= 0.3 is 0 Å². The van der Waals surface area contributed by atoms with Crippen LogP contribution >= 0.6 is 0 Å². The van der Waals surface area contributed by atoms with Crippen LogP contribution in [0.25, 0.3) is 11.6 Å². The summed E-state index contributed by atoms with van der Waals surface area (Å²) in [4.78, 5) is 9.17. The lowest BCUT2D eigenvalue weighted by Crippen LogP contribution is -2.06. The molecule has 0 aliphatic heterocycles. The Kier molecular flexibility index (Phi) is 4.77. The van der Waals surface area contributed by atoms with Gasteiger partial charge in [0.25, 0.3) is 0 Å². The molecular weight excluding hydrogens is 250 g/mol. The minimum absolute atomic E-state index is 0.565. The minimum Gasteiger partial charge on any atom is -0.458 e. The molecule has 0 unspecified atom stereocenters.